The number of benzene rings is 2. The number of carbonyl (C=O) groups excluding carboxylic acids is 1. The van der Waals surface area contributed by atoms with Crippen molar-refractivity contribution in [2.45, 2.75) is 56.1 Å². The Hall–Kier alpha value is -2.98. The zero-order chi connectivity index (χ0) is 27.7. The molecular formula is C29H40N5O4S+. The van der Waals surface area contributed by atoms with Crippen LogP contribution in [0.1, 0.15) is 38.2 Å². The van der Waals surface area contributed by atoms with Crippen molar-refractivity contribution in [2.75, 3.05) is 38.6 Å². The second-order valence-corrected chi connectivity index (χ2v) is 13.4. The molecule has 2 aromatic carbocycles. The molecule has 3 saturated heterocycles. The molecule has 3 fully saturated rings. The highest BCUT2D eigenvalue weighted by Crippen LogP contribution is 2.41. The van der Waals surface area contributed by atoms with Gasteiger partial charge in [-0.1, -0.05) is 30.3 Å². The minimum absolute atomic E-state index is 0.0680. The van der Waals surface area contributed by atoms with E-state index in [0.29, 0.717) is 42.9 Å². The Kier molecular flexibility index (Phi) is 7.96. The summed E-state index contributed by atoms with van der Waals surface area (Å²) in [5, 5.41) is 4.91. The Labute approximate surface area is 231 Å². The summed E-state index contributed by atoms with van der Waals surface area (Å²) in [5.74, 6) is 0.304. The summed E-state index contributed by atoms with van der Waals surface area (Å²) in [6.07, 6.45) is 3.28. The molecular weight excluding hydrogens is 514 g/mol. The van der Waals surface area contributed by atoms with Gasteiger partial charge in [0.1, 0.15) is 16.8 Å². The van der Waals surface area contributed by atoms with Gasteiger partial charge in [0.25, 0.3) is 0 Å². The fraction of sp³-hybridized carbons (Fsp3) is 0.552. The second kappa shape index (κ2) is 11.3. The van der Waals surface area contributed by atoms with Gasteiger partial charge in [0.15, 0.2) is 0 Å². The number of hydrogen-bond donors (Lipinski definition) is 1. The van der Waals surface area contributed by atoms with Crippen LogP contribution in [-0.4, -0.2) is 74.3 Å². The Morgan fingerprint density at radius 3 is 2.26 bits per heavy atom. The fourth-order valence-corrected chi connectivity index (χ4v) is 8.13. The number of rotatable bonds is 7. The summed E-state index contributed by atoms with van der Waals surface area (Å²) in [7, 11) is 0.328. The highest BCUT2D eigenvalue weighted by molar-refractivity contribution is 7.89. The lowest BCUT2D eigenvalue weighted by Gasteiger charge is -2.39. The number of nitrogens with one attached hydrogen (secondary N) is 1. The van der Waals surface area contributed by atoms with Crippen molar-refractivity contribution in [3.63, 3.8) is 0 Å². The van der Waals surface area contributed by atoms with E-state index < -0.39 is 16.1 Å². The molecule has 0 bridgehead atoms. The lowest BCUT2D eigenvalue weighted by molar-refractivity contribution is -0.716. The number of nitrogens with zero attached hydrogens (tertiary/aromatic N) is 4. The van der Waals surface area contributed by atoms with Crippen LogP contribution in [0.25, 0.3) is 0 Å². The molecule has 10 heteroatoms. The molecule has 0 aromatic heterocycles. The number of fused-ring (bicyclic) bond motifs is 1. The van der Waals surface area contributed by atoms with Crippen molar-refractivity contribution in [3.05, 3.63) is 65.1 Å². The van der Waals surface area contributed by atoms with E-state index in [1.54, 1.807) is 16.4 Å². The van der Waals surface area contributed by atoms with Crippen LogP contribution in [0.2, 0.25) is 0 Å². The highest BCUT2D eigenvalue weighted by Gasteiger charge is 2.58. The van der Waals surface area contributed by atoms with E-state index in [0.717, 1.165) is 41.8 Å². The van der Waals surface area contributed by atoms with E-state index in [4.69, 9.17) is 0 Å². The van der Waals surface area contributed by atoms with Crippen molar-refractivity contribution < 1.29 is 18.1 Å². The zero-order valence-corrected chi connectivity index (χ0v) is 23.9. The number of anilines is 1. The summed E-state index contributed by atoms with van der Waals surface area (Å²) in [5.41, 5.74) is 1.99. The number of piperidine rings is 2. The zero-order valence-electron chi connectivity index (χ0n) is 23.1. The van der Waals surface area contributed by atoms with Gasteiger partial charge < -0.3 is 10.2 Å². The first-order valence-corrected chi connectivity index (χ1v) is 15.4. The van der Waals surface area contributed by atoms with Crippen molar-refractivity contribution in [3.8, 4) is 0 Å². The Morgan fingerprint density at radius 2 is 1.62 bits per heavy atom. The van der Waals surface area contributed by atoms with Crippen molar-refractivity contribution >= 4 is 21.6 Å². The van der Waals surface area contributed by atoms with Crippen LogP contribution in [-0.2, 0) is 21.4 Å². The molecule has 0 aliphatic carbocycles. The van der Waals surface area contributed by atoms with Gasteiger partial charge in [0.05, 0.1) is 16.3 Å². The second-order valence-electron chi connectivity index (χ2n) is 11.4. The lowest BCUT2D eigenvalue weighted by Crippen LogP contribution is -2.48. The number of sulfonamides is 1. The molecule has 9 nitrogen and oxygen atoms in total. The highest BCUT2D eigenvalue weighted by atomic mass is 32.2. The maximum Gasteiger partial charge on any atom is 0.245 e. The topological polar surface area (TPSA) is 93.0 Å². The molecule has 0 spiro atoms. The van der Waals surface area contributed by atoms with Gasteiger partial charge in [0.2, 0.25) is 22.0 Å². The normalized spacial score (nSPS) is 26.3. The molecule has 39 heavy (non-hydrogen) atoms. The first-order valence-electron chi connectivity index (χ1n) is 14.0. The number of hydrogen-bond acceptors (Lipinski definition) is 5. The van der Waals surface area contributed by atoms with E-state index in [1.807, 2.05) is 73.4 Å². The summed E-state index contributed by atoms with van der Waals surface area (Å²) in [6, 6.07) is 16.3. The van der Waals surface area contributed by atoms with Crippen LogP contribution in [0, 0.1) is 22.7 Å². The molecule has 4 atom stereocenters. The number of carbonyl (C=O) groups is 1. The molecule has 1 amide bonds. The predicted molar refractivity (Wildman–Crippen MR) is 150 cm³/mol. The van der Waals surface area contributed by atoms with E-state index in [9.17, 15) is 18.1 Å². The van der Waals surface area contributed by atoms with Gasteiger partial charge in [-0.2, -0.15) is 4.31 Å². The number of hydrazine groups is 1. The minimum Gasteiger partial charge on any atom is -0.378 e. The number of amides is 1. The molecule has 210 valence electrons. The third-order valence-corrected chi connectivity index (χ3v) is 10.9. The molecule has 3 aliphatic rings. The fourth-order valence-electron chi connectivity index (χ4n) is 6.66. The van der Waals surface area contributed by atoms with Crippen LogP contribution in [0.3, 0.4) is 0 Å². The van der Waals surface area contributed by atoms with Crippen LogP contribution in [0.4, 0.5) is 5.69 Å². The van der Waals surface area contributed by atoms with Crippen molar-refractivity contribution in [1.29, 1.82) is 0 Å². The van der Waals surface area contributed by atoms with E-state index in [-0.39, 0.29) is 17.9 Å². The smallest absolute Gasteiger partial charge is 0.245 e. The Morgan fingerprint density at radius 1 is 0.974 bits per heavy atom. The molecule has 1 N–H and O–H groups in total. The third-order valence-electron chi connectivity index (χ3n) is 8.96. The molecule has 3 heterocycles. The third kappa shape index (κ3) is 5.54. The molecule has 5 rings (SSSR count). The van der Waals surface area contributed by atoms with Gasteiger partial charge in [-0.05, 0) is 67.3 Å². The van der Waals surface area contributed by atoms with E-state index in [1.165, 1.54) is 0 Å². The lowest BCUT2D eigenvalue weighted by atomic mass is 9.74. The quantitative estimate of drug-likeness (QED) is 0.529. The molecule has 2 aromatic rings. The monoisotopic (exact) mass is 554 g/mol. The first-order chi connectivity index (χ1) is 18.7. The largest absolute Gasteiger partial charge is 0.378 e. The number of nitroso groups, excluding NO2 is 1. The molecule has 0 radical (unpaired) electrons. The van der Waals surface area contributed by atoms with E-state index >= 15 is 0 Å². The summed E-state index contributed by atoms with van der Waals surface area (Å²) >= 11 is 0. The predicted octanol–water partition coefficient (Wildman–Crippen LogP) is 3.26. The van der Waals surface area contributed by atoms with Crippen LogP contribution >= 0.6 is 0 Å². The van der Waals surface area contributed by atoms with Gasteiger partial charge in [-0.15, -0.1) is 5.01 Å². The van der Waals surface area contributed by atoms with Crippen LogP contribution < -0.4 is 10.2 Å². The van der Waals surface area contributed by atoms with Crippen molar-refractivity contribution in [1.82, 2.24) is 14.6 Å². The summed E-state index contributed by atoms with van der Waals surface area (Å²) in [4.78, 5) is 29.5. The Balaban J connectivity index is 1.20. The SMILES string of the molecule is CC1C(C(=O)NCc2ccccc2)C2CC(C3CCN(S(=O)(=O)c4ccc(N(C)C)cc4)CC3)CCN2[N+]1=O. The maximum atomic E-state index is 13.3. The molecule has 0 saturated carbocycles. The molecule has 4 unspecified atom stereocenters. The maximum absolute atomic E-state index is 13.3. The summed E-state index contributed by atoms with van der Waals surface area (Å²) in [6.45, 7) is 3.93. The van der Waals surface area contributed by atoms with Gasteiger partial charge >= 0.3 is 0 Å². The Bertz CT molecular complexity index is 1280. The van der Waals surface area contributed by atoms with Crippen LogP contribution in [0.5, 0.6) is 0 Å². The van der Waals surface area contributed by atoms with E-state index in [2.05, 4.69) is 5.32 Å². The average Bonchev–Trinajstić information content (AvgIpc) is 3.21. The van der Waals surface area contributed by atoms with Crippen molar-refractivity contribution in [2.24, 2.45) is 17.8 Å². The van der Waals surface area contributed by atoms with Gasteiger partial charge in [-0.3, -0.25) is 4.79 Å². The minimum atomic E-state index is -3.53. The van der Waals surface area contributed by atoms with Gasteiger partial charge in [0, 0.05) is 46.3 Å². The average molecular weight is 555 g/mol. The first kappa shape index (κ1) is 27.6. The summed E-state index contributed by atoms with van der Waals surface area (Å²) < 4.78 is 28.2. The van der Waals surface area contributed by atoms with Crippen LogP contribution in [0.15, 0.2) is 59.5 Å². The molecule has 3 aliphatic heterocycles. The van der Waals surface area contributed by atoms with Gasteiger partial charge in [-0.25, -0.2) is 8.42 Å². The standard InChI is InChI=1S/C29H39N5O4S/c1-21-28(29(35)30-20-22-7-5-4-6-8-22)27-19-24(15-18-33(27)34(21)36)23-13-16-32(17-14-23)39(37,38)26-11-9-25(10-12-26)31(2)3/h4-12,21,23-24,27-28H,13-20H2,1-3H3/p+1.